The molecule has 3 amide bonds. The Kier molecular flexibility index (Phi) is 5.49. The maximum Gasteiger partial charge on any atom is 0.322 e. The number of halogens is 1. The van der Waals surface area contributed by atoms with Crippen molar-refractivity contribution in [1.29, 1.82) is 0 Å². The number of nitrogens with one attached hydrogen (secondary N) is 2. The molecule has 0 saturated carbocycles. The van der Waals surface area contributed by atoms with E-state index >= 15 is 0 Å². The summed E-state index contributed by atoms with van der Waals surface area (Å²) in [4.78, 5) is 23.7. The Bertz CT molecular complexity index is 867. The Labute approximate surface area is 163 Å². The molecule has 2 aliphatic heterocycles. The minimum atomic E-state index is -3.71. The number of methoxy groups -OCH3 is 1. The number of urea groups is 1. The average Bonchev–Trinajstić information content (AvgIpc) is 2.88. The van der Waals surface area contributed by atoms with Crippen molar-refractivity contribution in [3.63, 3.8) is 0 Å². The normalized spacial score (nSPS) is 24.7. The van der Waals surface area contributed by atoms with Gasteiger partial charge in [0.15, 0.2) is 0 Å². The van der Waals surface area contributed by atoms with Crippen molar-refractivity contribution >= 4 is 33.6 Å². The SMILES string of the molecule is COCc1cc(Cl)cc(S(=O)(=O)N2CCC(C3(C)NC(=O)NC3=O)CC2)c1. The van der Waals surface area contributed by atoms with Crippen LogP contribution in [-0.2, 0) is 26.2 Å². The third kappa shape index (κ3) is 3.82. The van der Waals surface area contributed by atoms with Gasteiger partial charge < -0.3 is 10.1 Å². The summed E-state index contributed by atoms with van der Waals surface area (Å²) >= 11 is 6.06. The number of benzene rings is 1. The smallest absolute Gasteiger partial charge is 0.322 e. The summed E-state index contributed by atoms with van der Waals surface area (Å²) in [5.74, 6) is -0.508. The number of rotatable bonds is 5. The number of sulfonamides is 1. The summed E-state index contributed by atoms with van der Waals surface area (Å²) in [5, 5.41) is 5.24. The third-order valence-electron chi connectivity index (χ3n) is 5.22. The molecule has 1 atom stereocenters. The number of hydrogen-bond donors (Lipinski definition) is 2. The predicted molar refractivity (Wildman–Crippen MR) is 98.7 cm³/mol. The van der Waals surface area contributed by atoms with Crippen molar-refractivity contribution in [2.45, 2.75) is 36.8 Å². The molecule has 0 spiro atoms. The molecule has 27 heavy (non-hydrogen) atoms. The molecule has 1 aromatic rings. The monoisotopic (exact) mass is 415 g/mol. The molecule has 2 fully saturated rings. The Balaban J connectivity index is 1.75. The molecule has 1 unspecified atom stereocenters. The zero-order valence-electron chi connectivity index (χ0n) is 15.1. The van der Waals surface area contributed by atoms with E-state index in [1.807, 2.05) is 0 Å². The van der Waals surface area contributed by atoms with E-state index in [1.165, 1.54) is 17.5 Å². The van der Waals surface area contributed by atoms with Crippen LogP contribution >= 0.6 is 11.6 Å². The lowest BCUT2D eigenvalue weighted by atomic mass is 9.79. The molecule has 0 radical (unpaired) electrons. The van der Waals surface area contributed by atoms with E-state index in [2.05, 4.69) is 10.6 Å². The molecule has 10 heteroatoms. The fourth-order valence-electron chi connectivity index (χ4n) is 3.69. The number of amides is 3. The number of carbonyl (C=O) groups excluding carboxylic acids is 2. The summed E-state index contributed by atoms with van der Waals surface area (Å²) in [6.07, 6.45) is 0.934. The molecule has 8 nitrogen and oxygen atoms in total. The fourth-order valence-corrected chi connectivity index (χ4v) is 5.57. The molecule has 2 N–H and O–H groups in total. The van der Waals surface area contributed by atoms with E-state index in [4.69, 9.17) is 16.3 Å². The number of hydrogen-bond acceptors (Lipinski definition) is 5. The molecule has 148 valence electrons. The highest BCUT2D eigenvalue weighted by Crippen LogP contribution is 2.33. The van der Waals surface area contributed by atoms with Gasteiger partial charge in [0.1, 0.15) is 5.54 Å². The van der Waals surface area contributed by atoms with Crippen LogP contribution in [-0.4, -0.2) is 50.4 Å². The summed E-state index contributed by atoms with van der Waals surface area (Å²) in [6, 6.07) is 4.14. The number of imide groups is 1. The Hall–Kier alpha value is -1.68. The molecule has 0 bridgehead atoms. The van der Waals surface area contributed by atoms with E-state index in [-0.39, 0.29) is 36.4 Å². The van der Waals surface area contributed by atoms with Crippen LogP contribution in [0.25, 0.3) is 0 Å². The van der Waals surface area contributed by atoms with Gasteiger partial charge in [-0.2, -0.15) is 4.31 Å². The second-order valence-electron chi connectivity index (χ2n) is 7.02. The van der Waals surface area contributed by atoms with Gasteiger partial charge in [-0.15, -0.1) is 0 Å². The van der Waals surface area contributed by atoms with E-state index in [0.717, 1.165) is 0 Å². The lowest BCUT2D eigenvalue weighted by Gasteiger charge is -2.38. The molecule has 0 aromatic heterocycles. The molecule has 1 aromatic carbocycles. The summed E-state index contributed by atoms with van der Waals surface area (Å²) < 4.78 is 32.4. The second kappa shape index (κ2) is 7.38. The standard InChI is InChI=1S/C17H22ClN3O5S/c1-17(15(22)19-16(23)20-17)12-3-5-21(6-4-12)27(24,25)14-8-11(10-26-2)7-13(18)9-14/h7-9,12H,3-6,10H2,1-2H3,(H2,19,20,22,23). The van der Waals surface area contributed by atoms with Gasteiger partial charge >= 0.3 is 6.03 Å². The number of ether oxygens (including phenoxy) is 1. The summed E-state index contributed by atoms with van der Waals surface area (Å²) in [5.41, 5.74) is -0.328. The second-order valence-corrected chi connectivity index (χ2v) is 9.39. The van der Waals surface area contributed by atoms with Crippen molar-refractivity contribution in [3.05, 3.63) is 28.8 Å². The lowest BCUT2D eigenvalue weighted by Crippen LogP contribution is -2.54. The van der Waals surface area contributed by atoms with Gasteiger partial charge in [0.2, 0.25) is 10.0 Å². The molecular weight excluding hydrogens is 394 g/mol. The van der Waals surface area contributed by atoms with Gasteiger partial charge in [0.05, 0.1) is 11.5 Å². The maximum atomic E-state index is 13.0. The summed E-state index contributed by atoms with van der Waals surface area (Å²) in [7, 11) is -2.18. The highest BCUT2D eigenvalue weighted by Gasteiger charge is 2.49. The van der Waals surface area contributed by atoms with E-state index in [1.54, 1.807) is 19.1 Å². The zero-order valence-corrected chi connectivity index (χ0v) is 16.7. The quantitative estimate of drug-likeness (QED) is 0.709. The highest BCUT2D eigenvalue weighted by atomic mass is 35.5. The van der Waals surface area contributed by atoms with Crippen LogP contribution in [0.15, 0.2) is 23.1 Å². The average molecular weight is 416 g/mol. The van der Waals surface area contributed by atoms with E-state index in [0.29, 0.717) is 23.4 Å². The first-order chi connectivity index (χ1) is 12.7. The van der Waals surface area contributed by atoms with Crippen molar-refractivity contribution in [2.24, 2.45) is 5.92 Å². The Morgan fingerprint density at radius 1 is 1.26 bits per heavy atom. The number of nitrogens with zero attached hydrogens (tertiary/aromatic N) is 1. The fraction of sp³-hybridized carbons (Fsp3) is 0.529. The van der Waals surface area contributed by atoms with Gasteiger partial charge in [0, 0.05) is 25.2 Å². The minimum Gasteiger partial charge on any atom is -0.380 e. The van der Waals surface area contributed by atoms with Crippen LogP contribution in [0.3, 0.4) is 0 Å². The van der Waals surface area contributed by atoms with Crippen LogP contribution in [0.2, 0.25) is 5.02 Å². The van der Waals surface area contributed by atoms with E-state index in [9.17, 15) is 18.0 Å². The predicted octanol–water partition coefficient (Wildman–Crippen LogP) is 1.49. The van der Waals surface area contributed by atoms with Gasteiger partial charge in [-0.25, -0.2) is 13.2 Å². The van der Waals surface area contributed by atoms with Gasteiger partial charge in [0.25, 0.3) is 5.91 Å². The van der Waals surface area contributed by atoms with Crippen LogP contribution in [0.4, 0.5) is 4.79 Å². The van der Waals surface area contributed by atoms with Crippen molar-refractivity contribution in [1.82, 2.24) is 14.9 Å². The van der Waals surface area contributed by atoms with Crippen LogP contribution < -0.4 is 10.6 Å². The van der Waals surface area contributed by atoms with Gasteiger partial charge in [-0.3, -0.25) is 10.1 Å². The topological polar surface area (TPSA) is 105 Å². The van der Waals surface area contributed by atoms with Gasteiger partial charge in [-0.05, 0) is 49.4 Å². The van der Waals surface area contributed by atoms with Crippen molar-refractivity contribution in [3.8, 4) is 0 Å². The Morgan fingerprint density at radius 2 is 1.93 bits per heavy atom. The first kappa shape index (κ1) is 20.1. The third-order valence-corrected chi connectivity index (χ3v) is 7.32. The maximum absolute atomic E-state index is 13.0. The molecule has 2 aliphatic rings. The van der Waals surface area contributed by atoms with Crippen molar-refractivity contribution in [2.75, 3.05) is 20.2 Å². The molecule has 3 rings (SSSR count). The largest absolute Gasteiger partial charge is 0.380 e. The first-order valence-electron chi connectivity index (χ1n) is 8.59. The molecule has 0 aliphatic carbocycles. The van der Waals surface area contributed by atoms with Crippen molar-refractivity contribution < 1.29 is 22.7 Å². The van der Waals surface area contributed by atoms with Crippen LogP contribution in [0.5, 0.6) is 0 Å². The molecular formula is C17H22ClN3O5S. The number of carbonyl (C=O) groups is 2. The first-order valence-corrected chi connectivity index (χ1v) is 10.4. The lowest BCUT2D eigenvalue weighted by molar-refractivity contribution is -0.125. The van der Waals surface area contributed by atoms with Crippen LogP contribution in [0.1, 0.15) is 25.3 Å². The highest BCUT2D eigenvalue weighted by molar-refractivity contribution is 7.89. The minimum absolute atomic E-state index is 0.124. The van der Waals surface area contributed by atoms with Gasteiger partial charge in [-0.1, -0.05) is 11.6 Å². The summed E-state index contributed by atoms with van der Waals surface area (Å²) in [6.45, 7) is 2.46. The van der Waals surface area contributed by atoms with Crippen LogP contribution in [0, 0.1) is 5.92 Å². The zero-order chi connectivity index (χ0) is 19.8. The molecule has 2 heterocycles. The van der Waals surface area contributed by atoms with E-state index < -0.39 is 21.6 Å². The Morgan fingerprint density at radius 3 is 2.48 bits per heavy atom. The number of piperidine rings is 1. The molecule has 2 saturated heterocycles.